The predicted octanol–water partition coefficient (Wildman–Crippen LogP) is 2.66. The summed E-state index contributed by atoms with van der Waals surface area (Å²) in [6.45, 7) is 13.4. The van der Waals surface area contributed by atoms with Crippen LogP contribution in [0.15, 0.2) is 18.2 Å². The quantitative estimate of drug-likeness (QED) is 0.684. The molecule has 0 saturated carbocycles. The number of benzene rings is 1. The van der Waals surface area contributed by atoms with Crippen LogP contribution in [0, 0.1) is 13.8 Å². The van der Waals surface area contributed by atoms with Crippen LogP contribution >= 0.6 is 0 Å². The van der Waals surface area contributed by atoms with Gasteiger partial charge in [0.25, 0.3) is 5.91 Å². The SMILES string of the molecule is CCN(CC)CCCC(C)NC(=O)CNC(=O)c1cc(C)cc(C)c1. The van der Waals surface area contributed by atoms with Gasteiger partial charge < -0.3 is 15.5 Å². The van der Waals surface area contributed by atoms with Crippen molar-refractivity contribution in [3.8, 4) is 0 Å². The Morgan fingerprint density at radius 3 is 2.24 bits per heavy atom. The number of amides is 2. The number of rotatable bonds is 10. The Morgan fingerprint density at radius 1 is 1.08 bits per heavy atom. The number of nitrogens with zero attached hydrogens (tertiary/aromatic N) is 1. The van der Waals surface area contributed by atoms with E-state index >= 15 is 0 Å². The van der Waals surface area contributed by atoms with Crippen LogP contribution in [0.1, 0.15) is 55.1 Å². The summed E-state index contributed by atoms with van der Waals surface area (Å²) in [6.07, 6.45) is 1.99. The molecule has 0 aliphatic rings. The second-order valence-corrected chi connectivity index (χ2v) is 6.70. The minimum atomic E-state index is -0.212. The lowest BCUT2D eigenvalue weighted by Gasteiger charge is -2.19. The van der Waals surface area contributed by atoms with Crippen LogP contribution in [-0.2, 0) is 4.79 Å². The lowest BCUT2D eigenvalue weighted by Crippen LogP contribution is -2.41. The number of aryl methyl sites for hydroxylation is 2. The Labute approximate surface area is 152 Å². The van der Waals surface area contributed by atoms with Gasteiger partial charge in [0.1, 0.15) is 0 Å². The van der Waals surface area contributed by atoms with Crippen molar-refractivity contribution in [2.75, 3.05) is 26.2 Å². The van der Waals surface area contributed by atoms with Gasteiger partial charge in [-0.05, 0) is 65.4 Å². The third-order valence-electron chi connectivity index (χ3n) is 4.31. The topological polar surface area (TPSA) is 61.4 Å². The minimum Gasteiger partial charge on any atom is -0.352 e. The van der Waals surface area contributed by atoms with Crippen LogP contribution in [0.4, 0.5) is 0 Å². The smallest absolute Gasteiger partial charge is 0.251 e. The summed E-state index contributed by atoms with van der Waals surface area (Å²) in [4.78, 5) is 26.5. The molecule has 1 aromatic carbocycles. The van der Waals surface area contributed by atoms with Crippen molar-refractivity contribution in [2.24, 2.45) is 0 Å². The van der Waals surface area contributed by atoms with Crippen LogP contribution in [0.25, 0.3) is 0 Å². The molecule has 0 spiro atoms. The van der Waals surface area contributed by atoms with Crippen molar-refractivity contribution in [3.05, 3.63) is 34.9 Å². The zero-order valence-corrected chi connectivity index (χ0v) is 16.3. The van der Waals surface area contributed by atoms with Crippen LogP contribution < -0.4 is 10.6 Å². The third-order valence-corrected chi connectivity index (χ3v) is 4.31. The number of hydrogen-bond acceptors (Lipinski definition) is 3. The van der Waals surface area contributed by atoms with Crippen molar-refractivity contribution in [2.45, 2.75) is 53.5 Å². The van der Waals surface area contributed by atoms with Crippen molar-refractivity contribution in [1.82, 2.24) is 15.5 Å². The Balaban J connectivity index is 2.32. The zero-order chi connectivity index (χ0) is 18.8. The van der Waals surface area contributed by atoms with E-state index in [4.69, 9.17) is 0 Å². The summed E-state index contributed by atoms with van der Waals surface area (Å²) >= 11 is 0. The average molecular weight is 348 g/mol. The number of carbonyl (C=O) groups is 2. The largest absolute Gasteiger partial charge is 0.352 e. The van der Waals surface area contributed by atoms with E-state index in [1.807, 2.05) is 39.0 Å². The molecule has 0 aliphatic heterocycles. The number of hydrogen-bond donors (Lipinski definition) is 2. The molecule has 0 aromatic heterocycles. The van der Waals surface area contributed by atoms with E-state index < -0.39 is 0 Å². The highest BCUT2D eigenvalue weighted by atomic mass is 16.2. The van der Waals surface area contributed by atoms with E-state index in [9.17, 15) is 9.59 Å². The Kier molecular flexibility index (Phi) is 9.21. The fraction of sp³-hybridized carbons (Fsp3) is 0.600. The highest BCUT2D eigenvalue weighted by Crippen LogP contribution is 2.08. The molecule has 5 heteroatoms. The molecule has 5 nitrogen and oxygen atoms in total. The van der Waals surface area contributed by atoms with Gasteiger partial charge in [-0.15, -0.1) is 0 Å². The summed E-state index contributed by atoms with van der Waals surface area (Å²) in [5.74, 6) is -0.357. The molecule has 1 rings (SSSR count). The second kappa shape index (κ2) is 10.9. The van der Waals surface area contributed by atoms with Gasteiger partial charge in [-0.3, -0.25) is 9.59 Å². The molecule has 1 aromatic rings. The van der Waals surface area contributed by atoms with Gasteiger partial charge in [0.2, 0.25) is 5.91 Å². The summed E-state index contributed by atoms with van der Waals surface area (Å²) < 4.78 is 0. The maximum atomic E-state index is 12.2. The molecule has 0 bridgehead atoms. The van der Waals surface area contributed by atoms with Gasteiger partial charge in [-0.1, -0.05) is 31.0 Å². The van der Waals surface area contributed by atoms with E-state index in [0.717, 1.165) is 43.6 Å². The highest BCUT2D eigenvalue weighted by molar-refractivity contribution is 5.96. The molecule has 1 unspecified atom stereocenters. The average Bonchev–Trinajstić information content (AvgIpc) is 2.55. The molecular weight excluding hydrogens is 314 g/mol. The van der Waals surface area contributed by atoms with Crippen molar-refractivity contribution >= 4 is 11.8 Å². The molecule has 0 radical (unpaired) electrons. The zero-order valence-electron chi connectivity index (χ0n) is 16.3. The molecular formula is C20H33N3O2. The Bertz CT molecular complexity index is 548. The lowest BCUT2D eigenvalue weighted by molar-refractivity contribution is -0.120. The van der Waals surface area contributed by atoms with Crippen molar-refractivity contribution in [1.29, 1.82) is 0 Å². The summed E-state index contributed by atoms with van der Waals surface area (Å²) in [6, 6.07) is 5.79. The van der Waals surface area contributed by atoms with Gasteiger partial charge in [-0.25, -0.2) is 0 Å². The van der Waals surface area contributed by atoms with Crippen LogP contribution in [0.5, 0.6) is 0 Å². The van der Waals surface area contributed by atoms with E-state index in [2.05, 4.69) is 29.4 Å². The lowest BCUT2D eigenvalue weighted by atomic mass is 10.1. The number of carbonyl (C=O) groups excluding carboxylic acids is 2. The normalized spacial score (nSPS) is 12.1. The van der Waals surface area contributed by atoms with E-state index in [-0.39, 0.29) is 24.4 Å². The molecule has 140 valence electrons. The van der Waals surface area contributed by atoms with Gasteiger partial charge >= 0.3 is 0 Å². The first-order chi connectivity index (χ1) is 11.8. The van der Waals surface area contributed by atoms with E-state index in [0.29, 0.717) is 5.56 Å². The summed E-state index contributed by atoms with van der Waals surface area (Å²) in [5.41, 5.74) is 2.67. The van der Waals surface area contributed by atoms with Crippen molar-refractivity contribution in [3.63, 3.8) is 0 Å². The molecule has 2 amide bonds. The van der Waals surface area contributed by atoms with Crippen LogP contribution in [0.2, 0.25) is 0 Å². The monoisotopic (exact) mass is 347 g/mol. The maximum Gasteiger partial charge on any atom is 0.251 e. The molecule has 0 saturated heterocycles. The van der Waals surface area contributed by atoms with Gasteiger partial charge in [0.05, 0.1) is 6.54 Å². The summed E-state index contributed by atoms with van der Waals surface area (Å²) in [5, 5.41) is 5.64. The summed E-state index contributed by atoms with van der Waals surface area (Å²) in [7, 11) is 0. The highest BCUT2D eigenvalue weighted by Gasteiger charge is 2.11. The molecule has 0 fully saturated rings. The maximum absolute atomic E-state index is 12.2. The van der Waals surface area contributed by atoms with Gasteiger partial charge in [0, 0.05) is 11.6 Å². The fourth-order valence-electron chi connectivity index (χ4n) is 2.93. The van der Waals surface area contributed by atoms with Gasteiger partial charge in [-0.2, -0.15) is 0 Å². The molecule has 0 aliphatic carbocycles. The van der Waals surface area contributed by atoms with Crippen molar-refractivity contribution < 1.29 is 9.59 Å². The third kappa shape index (κ3) is 8.16. The van der Waals surface area contributed by atoms with Crippen LogP contribution in [-0.4, -0.2) is 48.9 Å². The minimum absolute atomic E-state index is 0.00616. The standard InChI is InChI=1S/C20H33N3O2/c1-6-23(7-2)10-8-9-17(5)22-19(24)14-21-20(25)18-12-15(3)11-16(4)13-18/h11-13,17H,6-10,14H2,1-5H3,(H,21,25)(H,22,24). The van der Waals surface area contributed by atoms with Crippen LogP contribution in [0.3, 0.4) is 0 Å². The first-order valence-corrected chi connectivity index (χ1v) is 9.23. The number of nitrogens with one attached hydrogen (secondary N) is 2. The first-order valence-electron chi connectivity index (χ1n) is 9.23. The molecule has 2 N–H and O–H groups in total. The van der Waals surface area contributed by atoms with Gasteiger partial charge in [0.15, 0.2) is 0 Å². The molecule has 1 atom stereocenters. The van der Waals surface area contributed by atoms with E-state index in [1.54, 1.807) is 0 Å². The first kappa shape index (κ1) is 21.2. The second-order valence-electron chi connectivity index (χ2n) is 6.70. The van der Waals surface area contributed by atoms with E-state index in [1.165, 1.54) is 0 Å². The molecule has 0 heterocycles. The fourth-order valence-corrected chi connectivity index (χ4v) is 2.93. The predicted molar refractivity (Wildman–Crippen MR) is 103 cm³/mol. The Hall–Kier alpha value is -1.88. The molecule has 25 heavy (non-hydrogen) atoms. The Morgan fingerprint density at radius 2 is 1.68 bits per heavy atom.